The molecular formula is C10H13BN2O2. The van der Waals surface area contributed by atoms with Gasteiger partial charge in [-0.1, -0.05) is 6.07 Å². The summed E-state index contributed by atoms with van der Waals surface area (Å²) in [5, 5.41) is 10.8. The Morgan fingerprint density at radius 2 is 2.20 bits per heavy atom. The van der Waals surface area contributed by atoms with Gasteiger partial charge in [-0.2, -0.15) is 0 Å². The quantitative estimate of drug-likeness (QED) is 0.362. The fourth-order valence-corrected chi connectivity index (χ4v) is 2.06. The van der Waals surface area contributed by atoms with Crippen LogP contribution in [0.2, 0.25) is 0 Å². The van der Waals surface area contributed by atoms with E-state index in [1.807, 2.05) is 6.07 Å². The first-order valence-corrected chi connectivity index (χ1v) is 5.03. The minimum Gasteiger partial charge on any atom is -0.302 e. The van der Waals surface area contributed by atoms with Crippen molar-refractivity contribution >= 4 is 19.0 Å². The topological polar surface area (TPSA) is 46.4 Å². The van der Waals surface area contributed by atoms with Gasteiger partial charge in [0.1, 0.15) is 7.85 Å². The number of rotatable bonds is 1. The number of likely N-dealkylation sites (N-methyl/N-ethyl adjacent to an activating group) is 1. The van der Waals surface area contributed by atoms with Crippen molar-refractivity contribution in [2.75, 3.05) is 13.6 Å². The molecule has 0 aliphatic carbocycles. The highest BCUT2D eigenvalue weighted by Crippen LogP contribution is 2.21. The first-order chi connectivity index (χ1) is 7.08. The molecular weight excluding hydrogens is 191 g/mol. The summed E-state index contributed by atoms with van der Waals surface area (Å²) in [7, 11) is 3.87. The summed E-state index contributed by atoms with van der Waals surface area (Å²) >= 11 is 0. The Bertz CT molecular complexity index is 420. The number of nitro benzene ring substituents is 1. The van der Waals surface area contributed by atoms with Crippen LogP contribution >= 0.6 is 0 Å². The fraction of sp³-hybridized carbons (Fsp3) is 0.400. The second-order valence-corrected chi connectivity index (χ2v) is 4.15. The summed E-state index contributed by atoms with van der Waals surface area (Å²) in [5.41, 5.74) is 3.37. The molecule has 0 radical (unpaired) electrons. The molecule has 1 aromatic rings. The third-order valence-electron chi connectivity index (χ3n) is 2.92. The van der Waals surface area contributed by atoms with Crippen molar-refractivity contribution in [2.45, 2.75) is 13.0 Å². The number of fused-ring (bicyclic) bond motifs is 1. The van der Waals surface area contributed by atoms with E-state index >= 15 is 0 Å². The van der Waals surface area contributed by atoms with E-state index in [-0.39, 0.29) is 10.6 Å². The molecule has 1 aromatic carbocycles. The van der Waals surface area contributed by atoms with Crippen LogP contribution in [0.3, 0.4) is 0 Å². The Morgan fingerprint density at radius 1 is 1.47 bits per heavy atom. The molecule has 1 heterocycles. The van der Waals surface area contributed by atoms with E-state index in [2.05, 4.69) is 11.9 Å². The Kier molecular flexibility index (Phi) is 2.48. The van der Waals surface area contributed by atoms with Crippen molar-refractivity contribution in [1.29, 1.82) is 0 Å². The van der Waals surface area contributed by atoms with Gasteiger partial charge in [0, 0.05) is 19.2 Å². The van der Waals surface area contributed by atoms with Gasteiger partial charge in [-0.05, 0) is 30.1 Å². The smallest absolute Gasteiger partial charge is 0.263 e. The average Bonchev–Trinajstić information content (AvgIpc) is 2.15. The molecule has 4 nitrogen and oxygen atoms in total. The highest BCUT2D eigenvalue weighted by molar-refractivity contribution is 6.35. The van der Waals surface area contributed by atoms with Crippen molar-refractivity contribution in [3.05, 3.63) is 33.4 Å². The van der Waals surface area contributed by atoms with Crippen molar-refractivity contribution in [3.8, 4) is 0 Å². The summed E-state index contributed by atoms with van der Waals surface area (Å²) < 4.78 is 0. The third-order valence-corrected chi connectivity index (χ3v) is 2.92. The van der Waals surface area contributed by atoms with Gasteiger partial charge in [0.2, 0.25) is 0 Å². The van der Waals surface area contributed by atoms with Crippen LogP contribution in [0.4, 0.5) is 5.69 Å². The maximum absolute atomic E-state index is 10.8. The number of nitro groups is 1. The standard InChI is InChI=1S/C10H13BN2O2/c1-12-3-2-7-5-10(13(14)15)9(11)4-8(7)6-12/h4-5H,2-3,6,11H2,1H3. The minimum atomic E-state index is -0.298. The van der Waals surface area contributed by atoms with Crippen molar-refractivity contribution in [1.82, 2.24) is 4.90 Å². The summed E-state index contributed by atoms with van der Waals surface area (Å²) in [6.45, 7) is 1.88. The molecule has 78 valence electrons. The second kappa shape index (κ2) is 3.66. The van der Waals surface area contributed by atoms with E-state index in [4.69, 9.17) is 0 Å². The Hall–Kier alpha value is -1.36. The first kappa shape index (κ1) is 10.2. The van der Waals surface area contributed by atoms with Crippen LogP contribution in [0.1, 0.15) is 11.1 Å². The molecule has 0 spiro atoms. The molecule has 0 saturated heterocycles. The Morgan fingerprint density at radius 3 is 2.87 bits per heavy atom. The SMILES string of the molecule is Bc1cc2c(cc1[N+](=O)[O-])CCN(C)C2. The van der Waals surface area contributed by atoms with Crippen LogP contribution in [-0.4, -0.2) is 31.3 Å². The molecule has 1 aliphatic rings. The van der Waals surface area contributed by atoms with Crippen LogP contribution in [0.5, 0.6) is 0 Å². The highest BCUT2D eigenvalue weighted by atomic mass is 16.6. The van der Waals surface area contributed by atoms with Gasteiger partial charge in [0.05, 0.1) is 4.92 Å². The zero-order chi connectivity index (χ0) is 11.0. The lowest BCUT2D eigenvalue weighted by molar-refractivity contribution is -0.383. The van der Waals surface area contributed by atoms with E-state index in [9.17, 15) is 10.1 Å². The van der Waals surface area contributed by atoms with Crippen LogP contribution in [-0.2, 0) is 13.0 Å². The molecule has 2 rings (SSSR count). The van der Waals surface area contributed by atoms with Crippen LogP contribution < -0.4 is 5.46 Å². The lowest BCUT2D eigenvalue weighted by Crippen LogP contribution is -2.28. The summed E-state index contributed by atoms with van der Waals surface area (Å²) in [6.07, 6.45) is 0.910. The lowest BCUT2D eigenvalue weighted by atomic mass is 9.87. The van der Waals surface area contributed by atoms with Crippen LogP contribution in [0, 0.1) is 10.1 Å². The van der Waals surface area contributed by atoms with Crippen molar-refractivity contribution in [2.24, 2.45) is 0 Å². The molecule has 0 fully saturated rings. The van der Waals surface area contributed by atoms with E-state index in [1.54, 1.807) is 13.9 Å². The Balaban J connectivity index is 2.46. The molecule has 0 bridgehead atoms. The number of nitrogens with zero attached hydrogens (tertiary/aromatic N) is 2. The third kappa shape index (κ3) is 1.87. The van der Waals surface area contributed by atoms with E-state index in [0.717, 1.165) is 30.5 Å². The molecule has 1 aliphatic heterocycles. The predicted molar refractivity (Wildman–Crippen MR) is 61.3 cm³/mol. The van der Waals surface area contributed by atoms with Gasteiger partial charge >= 0.3 is 0 Å². The monoisotopic (exact) mass is 204 g/mol. The van der Waals surface area contributed by atoms with Gasteiger partial charge in [-0.25, -0.2) is 0 Å². The Labute approximate surface area is 89.4 Å². The molecule has 0 amide bonds. The van der Waals surface area contributed by atoms with Crippen molar-refractivity contribution < 1.29 is 4.92 Å². The van der Waals surface area contributed by atoms with Gasteiger partial charge in [-0.3, -0.25) is 10.1 Å². The van der Waals surface area contributed by atoms with Crippen LogP contribution in [0.15, 0.2) is 12.1 Å². The lowest BCUT2D eigenvalue weighted by Gasteiger charge is -2.25. The number of benzene rings is 1. The predicted octanol–water partition coefficient (Wildman–Crippen LogP) is -0.159. The molecule has 0 saturated carbocycles. The van der Waals surface area contributed by atoms with Crippen molar-refractivity contribution in [3.63, 3.8) is 0 Å². The summed E-state index contributed by atoms with van der Waals surface area (Å²) in [5.74, 6) is 0. The van der Waals surface area contributed by atoms with Gasteiger partial charge < -0.3 is 4.90 Å². The summed E-state index contributed by atoms with van der Waals surface area (Å²) in [6, 6.07) is 3.68. The molecule has 5 heteroatoms. The zero-order valence-corrected chi connectivity index (χ0v) is 8.99. The van der Waals surface area contributed by atoms with Gasteiger partial charge in [0.15, 0.2) is 0 Å². The van der Waals surface area contributed by atoms with Gasteiger partial charge in [0.25, 0.3) is 5.69 Å². The van der Waals surface area contributed by atoms with E-state index < -0.39 is 0 Å². The largest absolute Gasteiger partial charge is 0.302 e. The normalized spacial score (nSPS) is 16.1. The minimum absolute atomic E-state index is 0.248. The molecule has 0 N–H and O–H groups in total. The highest BCUT2D eigenvalue weighted by Gasteiger charge is 2.18. The molecule has 0 atom stereocenters. The fourth-order valence-electron chi connectivity index (χ4n) is 2.06. The van der Waals surface area contributed by atoms with Gasteiger partial charge in [-0.15, -0.1) is 0 Å². The molecule has 0 unspecified atom stereocenters. The summed E-state index contributed by atoms with van der Waals surface area (Å²) in [4.78, 5) is 12.7. The van der Waals surface area contributed by atoms with E-state index in [1.165, 1.54) is 5.56 Å². The van der Waals surface area contributed by atoms with E-state index in [0.29, 0.717) is 0 Å². The maximum Gasteiger partial charge on any atom is 0.263 e. The average molecular weight is 204 g/mol. The number of hydrogen-bond donors (Lipinski definition) is 0. The maximum atomic E-state index is 10.8. The number of hydrogen-bond acceptors (Lipinski definition) is 3. The first-order valence-electron chi connectivity index (χ1n) is 5.03. The zero-order valence-electron chi connectivity index (χ0n) is 8.99. The molecule has 15 heavy (non-hydrogen) atoms. The second-order valence-electron chi connectivity index (χ2n) is 4.15. The molecule has 0 aromatic heterocycles. The van der Waals surface area contributed by atoms with Crippen LogP contribution in [0.25, 0.3) is 0 Å².